The first-order valence-corrected chi connectivity index (χ1v) is 10.1. The molecular weight excluding hydrogens is 384 g/mol. The first-order valence-electron chi connectivity index (χ1n) is 10.1. The van der Waals surface area contributed by atoms with E-state index in [9.17, 15) is 4.79 Å². The molecule has 30 heavy (non-hydrogen) atoms. The Morgan fingerprint density at radius 1 is 1.23 bits per heavy atom. The van der Waals surface area contributed by atoms with E-state index in [1.54, 1.807) is 6.20 Å². The monoisotopic (exact) mass is 410 g/mol. The van der Waals surface area contributed by atoms with Crippen molar-refractivity contribution < 1.29 is 9.53 Å². The first kappa shape index (κ1) is 19.9. The summed E-state index contributed by atoms with van der Waals surface area (Å²) in [5.41, 5.74) is 13.8. The summed E-state index contributed by atoms with van der Waals surface area (Å²) in [6.07, 6.45) is 7.37. The molecular formula is C20H26N8O2. The summed E-state index contributed by atoms with van der Waals surface area (Å²) in [6, 6.07) is 3.79. The van der Waals surface area contributed by atoms with Gasteiger partial charge in [0.25, 0.3) is 0 Å². The Morgan fingerprint density at radius 2 is 1.93 bits per heavy atom. The summed E-state index contributed by atoms with van der Waals surface area (Å²) in [5, 5.41) is 5.61. The van der Waals surface area contributed by atoms with E-state index in [2.05, 4.69) is 15.0 Å². The van der Waals surface area contributed by atoms with Crippen molar-refractivity contribution in [2.24, 2.45) is 5.92 Å². The lowest BCUT2D eigenvalue weighted by molar-refractivity contribution is 0.180. The number of hydrogen-bond acceptors (Lipinski definition) is 8. The maximum absolute atomic E-state index is 11.9. The van der Waals surface area contributed by atoms with Crippen LogP contribution >= 0.6 is 0 Å². The maximum atomic E-state index is 11.9. The second-order valence-electron chi connectivity index (χ2n) is 7.60. The van der Waals surface area contributed by atoms with Crippen LogP contribution in [0.25, 0.3) is 22.6 Å². The molecule has 1 amide bonds. The van der Waals surface area contributed by atoms with Gasteiger partial charge in [-0.25, -0.2) is 24.4 Å². The van der Waals surface area contributed by atoms with Gasteiger partial charge in [-0.1, -0.05) is 19.3 Å². The molecule has 158 valence electrons. The molecule has 0 saturated heterocycles. The summed E-state index contributed by atoms with van der Waals surface area (Å²) in [4.78, 5) is 26.3. The van der Waals surface area contributed by atoms with Gasteiger partial charge in [-0.2, -0.15) is 5.10 Å². The van der Waals surface area contributed by atoms with E-state index >= 15 is 0 Å². The molecule has 0 bridgehead atoms. The Labute approximate surface area is 174 Å². The molecule has 1 saturated carbocycles. The van der Waals surface area contributed by atoms with Gasteiger partial charge in [0.2, 0.25) is 0 Å². The second kappa shape index (κ2) is 8.13. The Balaban J connectivity index is 1.75. The number of carbonyl (C=O) groups is 1. The molecule has 0 spiro atoms. The van der Waals surface area contributed by atoms with Crippen molar-refractivity contribution in [3.8, 4) is 11.5 Å². The molecule has 3 aromatic heterocycles. The van der Waals surface area contributed by atoms with Crippen LogP contribution < -0.4 is 16.4 Å². The van der Waals surface area contributed by atoms with E-state index in [0.717, 1.165) is 17.6 Å². The van der Waals surface area contributed by atoms with E-state index in [1.165, 1.54) is 51.2 Å². The summed E-state index contributed by atoms with van der Waals surface area (Å²) >= 11 is 0. The molecule has 4 N–H and O–H groups in total. The summed E-state index contributed by atoms with van der Waals surface area (Å²) < 4.78 is 6.66. The normalized spacial score (nSPS) is 14.7. The second-order valence-corrected chi connectivity index (χ2v) is 7.60. The van der Waals surface area contributed by atoms with Crippen LogP contribution in [0.3, 0.4) is 0 Å². The van der Waals surface area contributed by atoms with E-state index in [-0.39, 0.29) is 17.3 Å². The zero-order valence-electron chi connectivity index (χ0n) is 17.2. The number of nitrogens with two attached hydrogens (primary N) is 2. The van der Waals surface area contributed by atoms with Gasteiger partial charge in [0.1, 0.15) is 11.4 Å². The molecule has 0 unspecified atom stereocenters. The highest BCUT2D eigenvalue weighted by Crippen LogP contribution is 2.33. The molecule has 10 heteroatoms. The van der Waals surface area contributed by atoms with Crippen molar-refractivity contribution in [3.63, 3.8) is 0 Å². The average molecular weight is 410 g/mol. The van der Waals surface area contributed by atoms with Crippen molar-refractivity contribution in [1.82, 2.24) is 24.7 Å². The number of anilines is 3. The number of hydrogen-bond donors (Lipinski definition) is 2. The number of amides is 1. The fraction of sp³-hybridized carbons (Fsp3) is 0.450. The minimum absolute atomic E-state index is 0.0734. The van der Waals surface area contributed by atoms with Crippen LogP contribution in [0.1, 0.15) is 32.1 Å². The zero-order valence-corrected chi connectivity index (χ0v) is 17.2. The van der Waals surface area contributed by atoms with E-state index < -0.39 is 6.09 Å². The number of rotatable bonds is 4. The molecule has 3 aromatic rings. The molecule has 10 nitrogen and oxygen atoms in total. The predicted octanol–water partition coefficient (Wildman–Crippen LogP) is 2.84. The third-order valence-corrected chi connectivity index (χ3v) is 5.60. The Bertz CT molecular complexity index is 1050. The number of nitrogen functional groups attached to an aromatic ring is 2. The standard InChI is InChI=1S/C20H26N8O2/c1-27(20(29)30-2)15-16(21)24-18(25-17(15)22)14-13-9-6-10-23-19(13)28(26-14)11-12-7-4-3-5-8-12/h6,9-10,12H,3-5,7-8,11H2,1-2H3,(H4,21,22,24,25). The Hall–Kier alpha value is -3.43. The van der Waals surface area contributed by atoms with Gasteiger partial charge in [-0.05, 0) is 30.9 Å². The lowest BCUT2D eigenvalue weighted by Gasteiger charge is -2.21. The van der Waals surface area contributed by atoms with Gasteiger partial charge in [0.15, 0.2) is 23.1 Å². The van der Waals surface area contributed by atoms with Gasteiger partial charge >= 0.3 is 6.09 Å². The minimum atomic E-state index is -0.615. The lowest BCUT2D eigenvalue weighted by Crippen LogP contribution is -2.28. The van der Waals surface area contributed by atoms with Crippen LogP contribution in [0.5, 0.6) is 0 Å². The predicted molar refractivity (Wildman–Crippen MR) is 115 cm³/mol. The summed E-state index contributed by atoms with van der Waals surface area (Å²) in [6.45, 7) is 0.807. The largest absolute Gasteiger partial charge is 0.452 e. The molecule has 0 radical (unpaired) electrons. The number of carbonyl (C=O) groups excluding carboxylic acids is 1. The zero-order chi connectivity index (χ0) is 21.3. The molecule has 1 aliphatic carbocycles. The fourth-order valence-corrected chi connectivity index (χ4v) is 4.08. The summed E-state index contributed by atoms with van der Waals surface area (Å²) in [7, 11) is 2.77. The number of pyridine rings is 1. The van der Waals surface area contributed by atoms with Crippen LogP contribution in [0.15, 0.2) is 18.3 Å². The van der Waals surface area contributed by atoms with Crippen LogP contribution in [0.4, 0.5) is 22.1 Å². The van der Waals surface area contributed by atoms with E-state index in [4.69, 9.17) is 21.3 Å². The van der Waals surface area contributed by atoms with Crippen molar-refractivity contribution >= 4 is 34.4 Å². The van der Waals surface area contributed by atoms with Crippen LogP contribution in [0.2, 0.25) is 0 Å². The Morgan fingerprint density at radius 3 is 2.60 bits per heavy atom. The molecule has 0 aliphatic heterocycles. The van der Waals surface area contributed by atoms with Gasteiger partial charge in [-0.3, -0.25) is 4.90 Å². The third kappa shape index (κ3) is 3.60. The van der Waals surface area contributed by atoms with E-state index in [0.29, 0.717) is 17.4 Å². The highest BCUT2D eigenvalue weighted by molar-refractivity contribution is 5.96. The SMILES string of the molecule is COC(=O)N(C)c1c(N)nc(-c2nn(CC3CCCCC3)c3ncccc23)nc1N. The lowest BCUT2D eigenvalue weighted by atomic mass is 9.89. The summed E-state index contributed by atoms with van der Waals surface area (Å²) in [5.74, 6) is 1.03. The van der Waals surface area contributed by atoms with Gasteiger partial charge in [-0.15, -0.1) is 0 Å². The molecule has 0 atom stereocenters. The van der Waals surface area contributed by atoms with Crippen molar-refractivity contribution in [3.05, 3.63) is 18.3 Å². The van der Waals surface area contributed by atoms with Crippen molar-refractivity contribution in [1.29, 1.82) is 0 Å². The molecule has 3 heterocycles. The number of fused-ring (bicyclic) bond motifs is 1. The molecule has 1 fully saturated rings. The quantitative estimate of drug-likeness (QED) is 0.669. The average Bonchev–Trinajstić information content (AvgIpc) is 3.12. The highest BCUT2D eigenvalue weighted by atomic mass is 16.5. The van der Waals surface area contributed by atoms with Crippen molar-refractivity contribution in [2.75, 3.05) is 30.5 Å². The third-order valence-electron chi connectivity index (χ3n) is 5.60. The highest BCUT2D eigenvalue weighted by Gasteiger charge is 2.24. The van der Waals surface area contributed by atoms with Crippen LogP contribution in [0, 0.1) is 5.92 Å². The number of nitrogens with zero attached hydrogens (tertiary/aromatic N) is 6. The first-order chi connectivity index (χ1) is 14.5. The fourth-order valence-electron chi connectivity index (χ4n) is 4.08. The molecule has 1 aliphatic rings. The molecule has 0 aromatic carbocycles. The number of methoxy groups -OCH3 is 1. The number of ether oxygens (including phenoxy) is 1. The number of aromatic nitrogens is 5. The minimum Gasteiger partial charge on any atom is -0.452 e. The molecule has 4 rings (SSSR count). The van der Waals surface area contributed by atoms with Gasteiger partial charge < -0.3 is 16.2 Å². The van der Waals surface area contributed by atoms with Gasteiger partial charge in [0, 0.05) is 19.8 Å². The smallest absolute Gasteiger partial charge is 0.413 e. The topological polar surface area (TPSA) is 138 Å². The van der Waals surface area contributed by atoms with E-state index in [1.807, 2.05) is 16.8 Å². The maximum Gasteiger partial charge on any atom is 0.413 e. The van der Waals surface area contributed by atoms with Crippen molar-refractivity contribution in [2.45, 2.75) is 38.6 Å². The van der Waals surface area contributed by atoms with Gasteiger partial charge in [0.05, 0.1) is 12.5 Å². The van der Waals surface area contributed by atoms with Crippen LogP contribution in [-0.4, -0.2) is 45.0 Å². The Kier molecular flexibility index (Phi) is 5.39. The van der Waals surface area contributed by atoms with Crippen LogP contribution in [-0.2, 0) is 11.3 Å².